The number of ether oxygens (including phenoxy) is 2. The highest BCUT2D eigenvalue weighted by Gasteiger charge is 2.20. The number of morpholine rings is 1. The number of alkyl carbamates (subject to hydrolysis) is 1. The highest BCUT2D eigenvalue weighted by molar-refractivity contribution is 5.86. The number of fused-ring (bicyclic) bond motifs is 1. The molecule has 0 radical (unpaired) electrons. The average molecular weight is 575 g/mol. The predicted molar refractivity (Wildman–Crippen MR) is 168 cm³/mol. The van der Waals surface area contributed by atoms with Crippen molar-refractivity contribution < 1.29 is 19.1 Å². The molecule has 3 amide bonds. The van der Waals surface area contributed by atoms with Crippen LogP contribution in [0.1, 0.15) is 56.8 Å². The summed E-state index contributed by atoms with van der Waals surface area (Å²) in [6.07, 6.45) is 1.19. The third-order valence-electron chi connectivity index (χ3n) is 7.40. The van der Waals surface area contributed by atoms with Gasteiger partial charge in [0.15, 0.2) is 0 Å². The number of hydrogen-bond acceptors (Lipinski definition) is 5. The third-order valence-corrected chi connectivity index (χ3v) is 7.40. The van der Waals surface area contributed by atoms with E-state index in [-0.39, 0.29) is 12.1 Å². The molecule has 1 unspecified atom stereocenters. The van der Waals surface area contributed by atoms with Gasteiger partial charge in [0.1, 0.15) is 5.60 Å². The van der Waals surface area contributed by atoms with Crippen LogP contribution in [0, 0.1) is 0 Å². The van der Waals surface area contributed by atoms with Crippen LogP contribution in [0.25, 0.3) is 10.8 Å². The zero-order chi connectivity index (χ0) is 30.0. The van der Waals surface area contributed by atoms with E-state index in [4.69, 9.17) is 9.47 Å². The minimum absolute atomic E-state index is 0.0666. The first kappa shape index (κ1) is 31.3. The minimum atomic E-state index is -0.515. The van der Waals surface area contributed by atoms with Crippen LogP contribution in [0.5, 0.6) is 0 Å². The molecule has 42 heavy (non-hydrogen) atoms. The average Bonchev–Trinajstić information content (AvgIpc) is 2.96. The maximum absolute atomic E-state index is 13.6. The summed E-state index contributed by atoms with van der Waals surface area (Å²) in [4.78, 5) is 29.9. The molecule has 0 aliphatic carbocycles. The number of rotatable bonds is 11. The van der Waals surface area contributed by atoms with Crippen molar-refractivity contribution in [1.29, 1.82) is 0 Å². The second-order valence-corrected chi connectivity index (χ2v) is 12.0. The molecule has 1 aliphatic heterocycles. The highest BCUT2D eigenvalue weighted by atomic mass is 16.6. The normalized spacial score (nSPS) is 14.8. The summed E-state index contributed by atoms with van der Waals surface area (Å²) >= 11 is 0. The molecule has 8 heteroatoms. The number of benzene rings is 3. The molecule has 3 aromatic carbocycles. The zero-order valence-corrected chi connectivity index (χ0v) is 25.5. The van der Waals surface area contributed by atoms with Crippen LogP contribution >= 0.6 is 0 Å². The summed E-state index contributed by atoms with van der Waals surface area (Å²) in [7, 11) is 0. The van der Waals surface area contributed by atoms with Crippen molar-refractivity contribution in [2.24, 2.45) is 0 Å². The van der Waals surface area contributed by atoms with Gasteiger partial charge in [-0.15, -0.1) is 0 Å². The van der Waals surface area contributed by atoms with Crippen molar-refractivity contribution in [2.75, 3.05) is 45.9 Å². The van der Waals surface area contributed by atoms with Crippen molar-refractivity contribution in [2.45, 2.75) is 58.7 Å². The summed E-state index contributed by atoms with van der Waals surface area (Å²) in [5.74, 6) is 0. The van der Waals surface area contributed by atoms with E-state index in [1.54, 1.807) is 0 Å². The third kappa shape index (κ3) is 9.74. The quantitative estimate of drug-likeness (QED) is 0.298. The summed E-state index contributed by atoms with van der Waals surface area (Å²) in [6.45, 7) is 13.6. The van der Waals surface area contributed by atoms with Crippen molar-refractivity contribution in [3.05, 3.63) is 83.4 Å². The van der Waals surface area contributed by atoms with Gasteiger partial charge in [-0.25, -0.2) is 9.59 Å². The Labute approximate surface area is 250 Å². The Hall–Kier alpha value is -3.62. The summed E-state index contributed by atoms with van der Waals surface area (Å²) < 4.78 is 10.8. The van der Waals surface area contributed by atoms with E-state index in [9.17, 15) is 9.59 Å². The maximum atomic E-state index is 13.6. The minimum Gasteiger partial charge on any atom is -0.444 e. The molecule has 0 bridgehead atoms. The van der Waals surface area contributed by atoms with Crippen molar-refractivity contribution in [3.8, 4) is 0 Å². The second-order valence-electron chi connectivity index (χ2n) is 12.0. The molecule has 1 atom stereocenters. The molecule has 1 heterocycles. The molecule has 4 rings (SSSR count). The predicted octanol–water partition coefficient (Wildman–Crippen LogP) is 5.90. The fraction of sp³-hybridized carbons (Fsp3) is 0.471. The fourth-order valence-electron chi connectivity index (χ4n) is 5.20. The fourth-order valence-corrected chi connectivity index (χ4v) is 5.20. The molecule has 1 aliphatic rings. The van der Waals surface area contributed by atoms with Crippen LogP contribution in [0.3, 0.4) is 0 Å². The Bertz CT molecular complexity index is 1290. The highest BCUT2D eigenvalue weighted by Crippen LogP contribution is 2.24. The van der Waals surface area contributed by atoms with Gasteiger partial charge in [-0.3, -0.25) is 4.90 Å². The largest absolute Gasteiger partial charge is 0.444 e. The van der Waals surface area contributed by atoms with Crippen LogP contribution in [-0.4, -0.2) is 73.5 Å². The monoisotopic (exact) mass is 574 g/mol. The van der Waals surface area contributed by atoms with Crippen molar-refractivity contribution in [1.82, 2.24) is 20.4 Å². The Morgan fingerprint density at radius 2 is 1.67 bits per heavy atom. The Morgan fingerprint density at radius 3 is 2.40 bits per heavy atom. The van der Waals surface area contributed by atoms with Crippen molar-refractivity contribution >= 4 is 22.9 Å². The van der Waals surface area contributed by atoms with Crippen molar-refractivity contribution in [3.63, 3.8) is 0 Å². The smallest absolute Gasteiger partial charge is 0.407 e. The van der Waals surface area contributed by atoms with Gasteiger partial charge >= 0.3 is 12.1 Å². The number of carbonyl (C=O) groups excluding carboxylic acids is 2. The first-order valence-corrected chi connectivity index (χ1v) is 15.1. The van der Waals surface area contributed by atoms with E-state index in [0.717, 1.165) is 61.3 Å². The van der Waals surface area contributed by atoms with Crippen LogP contribution in [0.2, 0.25) is 0 Å². The van der Waals surface area contributed by atoms with Gasteiger partial charge in [0.25, 0.3) is 0 Å². The SMILES string of the molecule is CC(NC(=O)N(CCCN1CCOCC1)Cc1ccc(CCNC(=O)OC(C)(C)C)cc1)c1cccc2ccccc12. The lowest BCUT2D eigenvalue weighted by Gasteiger charge is -2.29. The van der Waals surface area contributed by atoms with Crippen LogP contribution in [0.4, 0.5) is 9.59 Å². The Kier molecular flexibility index (Phi) is 11.2. The van der Waals surface area contributed by atoms with Crippen LogP contribution < -0.4 is 10.6 Å². The lowest BCUT2D eigenvalue weighted by atomic mass is 10.00. The summed E-state index contributed by atoms with van der Waals surface area (Å²) in [5, 5.41) is 8.39. The second kappa shape index (κ2) is 15.0. The van der Waals surface area contributed by atoms with Gasteiger partial charge in [-0.05, 0) is 68.0 Å². The van der Waals surface area contributed by atoms with E-state index in [2.05, 4.69) is 64.1 Å². The number of amides is 3. The summed E-state index contributed by atoms with van der Waals surface area (Å²) in [6, 6.07) is 22.6. The molecule has 0 spiro atoms. The molecular weight excluding hydrogens is 528 g/mol. The molecule has 1 fully saturated rings. The number of hydrogen-bond donors (Lipinski definition) is 2. The van der Waals surface area contributed by atoms with E-state index in [1.165, 1.54) is 5.39 Å². The van der Waals surface area contributed by atoms with Gasteiger partial charge in [0.05, 0.1) is 19.3 Å². The lowest BCUT2D eigenvalue weighted by Crippen LogP contribution is -2.43. The molecule has 226 valence electrons. The Morgan fingerprint density at radius 1 is 0.976 bits per heavy atom. The van der Waals surface area contributed by atoms with Gasteiger partial charge < -0.3 is 25.0 Å². The number of nitrogens with zero attached hydrogens (tertiary/aromatic N) is 2. The molecular formula is C34H46N4O4. The van der Waals surface area contributed by atoms with E-state index < -0.39 is 11.7 Å². The summed E-state index contributed by atoms with van der Waals surface area (Å²) in [5.41, 5.74) is 2.78. The first-order chi connectivity index (χ1) is 20.2. The van der Waals surface area contributed by atoms with Gasteiger partial charge in [-0.2, -0.15) is 0 Å². The maximum Gasteiger partial charge on any atom is 0.407 e. The van der Waals surface area contributed by atoms with E-state index in [1.807, 2.05) is 50.8 Å². The van der Waals surface area contributed by atoms with E-state index in [0.29, 0.717) is 26.1 Å². The number of carbonyl (C=O) groups is 2. The van der Waals surface area contributed by atoms with E-state index >= 15 is 0 Å². The number of urea groups is 1. The molecule has 1 saturated heterocycles. The Balaban J connectivity index is 1.37. The van der Waals surface area contributed by atoms with Gasteiger partial charge in [0.2, 0.25) is 0 Å². The molecule has 0 aromatic heterocycles. The zero-order valence-electron chi connectivity index (χ0n) is 25.5. The molecule has 2 N–H and O–H groups in total. The molecule has 0 saturated carbocycles. The van der Waals surface area contributed by atoms with Gasteiger partial charge in [-0.1, -0.05) is 66.7 Å². The standard InChI is InChI=1S/C34H46N4O4/c1-26(30-12-7-10-29-9-5-6-11-31(29)30)36-32(39)38(20-8-19-37-21-23-41-24-22-37)25-28-15-13-27(14-16-28)17-18-35-33(40)42-34(2,3)4/h5-7,9-16,26H,8,17-25H2,1-4H3,(H,35,40)(H,36,39). The number of nitrogens with one attached hydrogen (secondary N) is 2. The lowest BCUT2D eigenvalue weighted by molar-refractivity contribution is 0.0364. The first-order valence-electron chi connectivity index (χ1n) is 15.1. The van der Waals surface area contributed by atoms with Gasteiger partial charge in [0, 0.05) is 39.3 Å². The molecule has 3 aromatic rings. The van der Waals surface area contributed by atoms with Crippen LogP contribution in [0.15, 0.2) is 66.7 Å². The molecule has 8 nitrogen and oxygen atoms in total. The topological polar surface area (TPSA) is 83.1 Å². The van der Waals surface area contributed by atoms with Crippen LogP contribution in [-0.2, 0) is 22.4 Å².